The lowest BCUT2D eigenvalue weighted by Gasteiger charge is -2.23. The summed E-state index contributed by atoms with van der Waals surface area (Å²) in [5.74, 6) is -1.09. The Bertz CT molecular complexity index is 524. The number of rotatable bonds is 4. The highest BCUT2D eigenvalue weighted by atomic mass is 16.4. The van der Waals surface area contributed by atoms with E-state index in [4.69, 9.17) is 10.8 Å². The van der Waals surface area contributed by atoms with Gasteiger partial charge in [-0.15, -0.1) is 0 Å². The molecule has 108 valence electrons. The maximum Gasteiger partial charge on any atom is 0.337 e. The first kappa shape index (κ1) is 14.2. The highest BCUT2D eigenvalue weighted by Gasteiger charge is 2.24. The number of likely N-dealkylation sites (tertiary alicyclic amines) is 1. The molecule has 1 aromatic carbocycles. The third-order valence-corrected chi connectivity index (χ3v) is 3.48. The van der Waals surface area contributed by atoms with Gasteiger partial charge in [-0.05, 0) is 31.9 Å². The van der Waals surface area contributed by atoms with E-state index in [9.17, 15) is 9.59 Å². The first-order chi connectivity index (χ1) is 9.50. The van der Waals surface area contributed by atoms with E-state index in [-0.39, 0.29) is 11.5 Å². The Morgan fingerprint density at radius 3 is 2.60 bits per heavy atom. The summed E-state index contributed by atoms with van der Waals surface area (Å²) < 4.78 is 0. The van der Waals surface area contributed by atoms with Crippen LogP contribution in [-0.4, -0.2) is 41.0 Å². The number of benzene rings is 1. The lowest BCUT2D eigenvalue weighted by Crippen LogP contribution is -2.40. The van der Waals surface area contributed by atoms with E-state index in [1.807, 2.05) is 0 Å². The van der Waals surface area contributed by atoms with E-state index in [1.165, 1.54) is 6.07 Å². The minimum atomic E-state index is -1.07. The second-order valence-electron chi connectivity index (χ2n) is 4.97. The van der Waals surface area contributed by atoms with Crippen LogP contribution in [0.25, 0.3) is 0 Å². The SMILES string of the molecule is CC(Nc1c(N)cccc1C(=O)O)C(=O)N1CCCC1. The standard InChI is InChI=1S/C14H19N3O3/c1-9(13(18)17-7-2-3-8-17)16-12-10(14(19)20)5-4-6-11(12)15/h4-6,9,16H,2-3,7-8,15H2,1H3,(H,19,20). The fourth-order valence-electron chi connectivity index (χ4n) is 2.40. The second-order valence-corrected chi connectivity index (χ2v) is 4.97. The highest BCUT2D eigenvalue weighted by molar-refractivity contribution is 5.99. The summed E-state index contributed by atoms with van der Waals surface area (Å²) in [5, 5.41) is 12.1. The van der Waals surface area contributed by atoms with Gasteiger partial charge in [0.05, 0.1) is 16.9 Å². The zero-order valence-electron chi connectivity index (χ0n) is 11.4. The van der Waals surface area contributed by atoms with Crippen LogP contribution < -0.4 is 11.1 Å². The summed E-state index contributed by atoms with van der Waals surface area (Å²) in [6.45, 7) is 3.25. The molecule has 0 aliphatic carbocycles. The van der Waals surface area contributed by atoms with E-state index in [0.29, 0.717) is 11.4 Å². The molecule has 0 saturated carbocycles. The summed E-state index contributed by atoms with van der Waals surface area (Å²) in [7, 11) is 0. The number of nitrogens with one attached hydrogen (secondary N) is 1. The molecule has 0 bridgehead atoms. The molecule has 6 nitrogen and oxygen atoms in total. The molecule has 1 unspecified atom stereocenters. The van der Waals surface area contributed by atoms with Crippen molar-refractivity contribution in [2.24, 2.45) is 0 Å². The number of carbonyl (C=O) groups excluding carboxylic acids is 1. The minimum Gasteiger partial charge on any atom is -0.478 e. The molecule has 1 aliphatic heterocycles. The minimum absolute atomic E-state index is 0.0258. The number of aromatic carboxylic acids is 1. The van der Waals surface area contributed by atoms with Crippen LogP contribution in [0.3, 0.4) is 0 Å². The highest BCUT2D eigenvalue weighted by Crippen LogP contribution is 2.25. The summed E-state index contributed by atoms with van der Waals surface area (Å²) >= 11 is 0. The normalized spacial score (nSPS) is 15.9. The van der Waals surface area contributed by atoms with Crippen molar-refractivity contribution in [2.45, 2.75) is 25.8 Å². The van der Waals surface area contributed by atoms with Gasteiger partial charge >= 0.3 is 5.97 Å². The molecule has 1 atom stereocenters. The molecular weight excluding hydrogens is 258 g/mol. The van der Waals surface area contributed by atoms with E-state index >= 15 is 0 Å². The first-order valence-corrected chi connectivity index (χ1v) is 6.68. The van der Waals surface area contributed by atoms with E-state index in [2.05, 4.69) is 5.32 Å². The maximum atomic E-state index is 12.2. The number of carbonyl (C=O) groups is 2. The van der Waals surface area contributed by atoms with Crippen LogP contribution >= 0.6 is 0 Å². The topological polar surface area (TPSA) is 95.7 Å². The van der Waals surface area contributed by atoms with Crippen LogP contribution in [0.4, 0.5) is 11.4 Å². The third-order valence-electron chi connectivity index (χ3n) is 3.48. The van der Waals surface area contributed by atoms with Gasteiger partial charge in [0.1, 0.15) is 6.04 Å². The maximum absolute atomic E-state index is 12.2. The molecule has 1 heterocycles. The molecule has 20 heavy (non-hydrogen) atoms. The number of hydrogen-bond acceptors (Lipinski definition) is 4. The van der Waals surface area contributed by atoms with E-state index in [1.54, 1.807) is 24.0 Å². The van der Waals surface area contributed by atoms with Crippen molar-refractivity contribution < 1.29 is 14.7 Å². The smallest absolute Gasteiger partial charge is 0.337 e. The molecule has 0 radical (unpaired) electrons. The second kappa shape index (κ2) is 5.81. The summed E-state index contributed by atoms with van der Waals surface area (Å²) in [4.78, 5) is 25.2. The van der Waals surface area contributed by atoms with Crippen LogP contribution in [0.5, 0.6) is 0 Å². The molecule has 0 spiro atoms. The summed E-state index contributed by atoms with van der Waals surface area (Å²) in [6.07, 6.45) is 2.04. The lowest BCUT2D eigenvalue weighted by molar-refractivity contribution is -0.130. The lowest BCUT2D eigenvalue weighted by atomic mass is 10.1. The fraction of sp³-hybridized carbons (Fsp3) is 0.429. The average molecular weight is 277 g/mol. The molecule has 6 heteroatoms. The number of nitrogens with two attached hydrogens (primary N) is 1. The predicted molar refractivity (Wildman–Crippen MR) is 76.7 cm³/mol. The number of nitrogens with zero attached hydrogens (tertiary/aromatic N) is 1. The van der Waals surface area contributed by atoms with Crippen molar-refractivity contribution in [2.75, 3.05) is 24.1 Å². The number of nitrogen functional groups attached to an aromatic ring is 1. The molecule has 1 aromatic rings. The summed E-state index contributed by atoms with van der Waals surface area (Å²) in [6, 6.07) is 4.16. The van der Waals surface area contributed by atoms with Gasteiger partial charge < -0.3 is 21.1 Å². The van der Waals surface area contributed by atoms with Crippen molar-refractivity contribution in [3.8, 4) is 0 Å². The van der Waals surface area contributed by atoms with Crippen molar-refractivity contribution in [1.82, 2.24) is 4.90 Å². The monoisotopic (exact) mass is 277 g/mol. The fourth-order valence-corrected chi connectivity index (χ4v) is 2.40. The van der Waals surface area contributed by atoms with Gasteiger partial charge in [0, 0.05) is 13.1 Å². The predicted octanol–water partition coefficient (Wildman–Crippen LogP) is 1.39. The van der Waals surface area contributed by atoms with Gasteiger partial charge in [-0.2, -0.15) is 0 Å². The van der Waals surface area contributed by atoms with Gasteiger partial charge in [-0.3, -0.25) is 4.79 Å². The van der Waals surface area contributed by atoms with Crippen molar-refractivity contribution >= 4 is 23.3 Å². The average Bonchev–Trinajstić information content (AvgIpc) is 2.93. The number of carboxylic acid groups (broad SMARTS) is 1. The quantitative estimate of drug-likeness (QED) is 0.723. The van der Waals surface area contributed by atoms with Crippen molar-refractivity contribution in [3.05, 3.63) is 23.8 Å². The zero-order valence-corrected chi connectivity index (χ0v) is 11.4. The Morgan fingerprint density at radius 2 is 2.00 bits per heavy atom. The van der Waals surface area contributed by atoms with Crippen LogP contribution in [0.1, 0.15) is 30.1 Å². The largest absolute Gasteiger partial charge is 0.478 e. The summed E-state index contributed by atoms with van der Waals surface area (Å²) in [5.41, 5.74) is 6.52. The number of hydrogen-bond donors (Lipinski definition) is 3. The van der Waals surface area contributed by atoms with Gasteiger partial charge in [0.25, 0.3) is 0 Å². The Hall–Kier alpha value is -2.24. The van der Waals surface area contributed by atoms with Crippen LogP contribution in [0.2, 0.25) is 0 Å². The van der Waals surface area contributed by atoms with Gasteiger partial charge in [0.2, 0.25) is 5.91 Å². The number of amides is 1. The van der Waals surface area contributed by atoms with Crippen molar-refractivity contribution in [1.29, 1.82) is 0 Å². The molecule has 0 aromatic heterocycles. The van der Waals surface area contributed by atoms with Gasteiger partial charge in [-0.1, -0.05) is 6.07 Å². The molecular formula is C14H19N3O3. The third kappa shape index (κ3) is 2.84. The molecule has 4 N–H and O–H groups in total. The number of para-hydroxylation sites is 1. The Labute approximate surface area is 117 Å². The van der Waals surface area contributed by atoms with Crippen LogP contribution in [0.15, 0.2) is 18.2 Å². The molecule has 1 amide bonds. The molecule has 1 aliphatic rings. The van der Waals surface area contributed by atoms with E-state index in [0.717, 1.165) is 25.9 Å². The van der Waals surface area contributed by atoms with Crippen LogP contribution in [0, 0.1) is 0 Å². The molecule has 1 fully saturated rings. The van der Waals surface area contributed by atoms with Gasteiger partial charge in [-0.25, -0.2) is 4.79 Å². The number of anilines is 2. The Kier molecular flexibility index (Phi) is 4.12. The Morgan fingerprint density at radius 1 is 1.35 bits per heavy atom. The van der Waals surface area contributed by atoms with E-state index < -0.39 is 12.0 Å². The molecule has 2 rings (SSSR count). The first-order valence-electron chi connectivity index (χ1n) is 6.68. The number of carboxylic acids is 1. The Balaban J connectivity index is 2.16. The zero-order chi connectivity index (χ0) is 14.7. The van der Waals surface area contributed by atoms with Crippen LogP contribution in [-0.2, 0) is 4.79 Å². The van der Waals surface area contributed by atoms with Crippen molar-refractivity contribution in [3.63, 3.8) is 0 Å². The van der Waals surface area contributed by atoms with Gasteiger partial charge in [0.15, 0.2) is 0 Å². The molecule has 1 saturated heterocycles.